The third-order valence-corrected chi connectivity index (χ3v) is 3.76. The maximum atomic E-state index is 9.19. The molecule has 0 heterocycles. The molecule has 0 radical (unpaired) electrons. The van der Waals surface area contributed by atoms with Crippen LogP contribution in [-0.4, -0.2) is 30.9 Å². The van der Waals surface area contributed by atoms with Crippen molar-refractivity contribution in [3.63, 3.8) is 0 Å². The second-order valence-corrected chi connectivity index (χ2v) is 7.87. The molecule has 142 valence electrons. The van der Waals surface area contributed by atoms with Gasteiger partial charge in [-0.1, -0.05) is 96.8 Å². The van der Waals surface area contributed by atoms with Crippen molar-refractivity contribution in [2.75, 3.05) is 12.9 Å². The van der Waals surface area contributed by atoms with Crippen molar-refractivity contribution >= 4 is 10.1 Å². The minimum absolute atomic E-state index is 0.373. The lowest BCUT2D eigenvalue weighted by molar-refractivity contribution is 0.282. The lowest BCUT2D eigenvalue weighted by Crippen LogP contribution is -1.88. The van der Waals surface area contributed by atoms with Crippen LogP contribution in [0.3, 0.4) is 0 Å². The largest absolute Gasteiger partial charge is 0.396 e. The van der Waals surface area contributed by atoms with Crippen LogP contribution >= 0.6 is 0 Å². The van der Waals surface area contributed by atoms with Crippen LogP contribution in [0.5, 0.6) is 0 Å². The zero-order chi connectivity index (χ0) is 17.8. The zero-order valence-electron chi connectivity index (χ0n) is 15.4. The monoisotopic (exact) mass is 352 g/mol. The van der Waals surface area contributed by atoms with Gasteiger partial charge in [0, 0.05) is 6.61 Å². The van der Waals surface area contributed by atoms with E-state index in [1.165, 1.54) is 89.9 Å². The van der Waals surface area contributed by atoms with Crippen molar-refractivity contribution in [1.29, 1.82) is 0 Å². The molecule has 0 spiro atoms. The molecule has 0 aromatic heterocycles. The van der Waals surface area contributed by atoms with E-state index < -0.39 is 10.1 Å². The summed E-state index contributed by atoms with van der Waals surface area (Å²) >= 11 is 0. The molecule has 0 bridgehead atoms. The second-order valence-electron chi connectivity index (χ2n) is 6.41. The number of aliphatic hydroxyl groups is 1. The molecule has 0 aromatic rings. The highest BCUT2D eigenvalue weighted by atomic mass is 32.2. The van der Waals surface area contributed by atoms with Crippen LogP contribution in [0.4, 0.5) is 0 Å². The van der Waals surface area contributed by atoms with Gasteiger partial charge in [0.15, 0.2) is 0 Å². The molecule has 0 saturated heterocycles. The number of hydrogen-bond donors (Lipinski definition) is 2. The first-order valence-electron chi connectivity index (χ1n) is 9.45. The van der Waals surface area contributed by atoms with Gasteiger partial charge in [0.1, 0.15) is 0 Å². The molecule has 4 nitrogen and oxygen atoms in total. The smallest absolute Gasteiger partial charge is 0.261 e. The Morgan fingerprint density at radius 1 is 0.609 bits per heavy atom. The predicted octanol–water partition coefficient (Wildman–Crippen LogP) is 5.35. The molecule has 0 atom stereocenters. The highest BCUT2D eigenvalue weighted by molar-refractivity contribution is 7.85. The van der Waals surface area contributed by atoms with Crippen LogP contribution in [0.15, 0.2) is 0 Å². The van der Waals surface area contributed by atoms with Crippen LogP contribution in [0.1, 0.15) is 103 Å². The summed E-state index contributed by atoms with van der Waals surface area (Å²) in [7, 11) is -3.67. The van der Waals surface area contributed by atoms with Gasteiger partial charge in [0.25, 0.3) is 10.1 Å². The molecule has 0 saturated carbocycles. The molecule has 0 amide bonds. The molecule has 2 N–H and O–H groups in total. The minimum atomic E-state index is -3.67. The van der Waals surface area contributed by atoms with Crippen molar-refractivity contribution in [3.05, 3.63) is 0 Å². The summed E-state index contributed by atoms with van der Waals surface area (Å²) in [6, 6.07) is 0. The third-order valence-electron chi connectivity index (χ3n) is 3.76. The van der Waals surface area contributed by atoms with Gasteiger partial charge < -0.3 is 5.11 Å². The summed E-state index contributed by atoms with van der Waals surface area (Å²) in [4.78, 5) is 0. The topological polar surface area (TPSA) is 74.6 Å². The molecule has 0 aliphatic carbocycles. The van der Waals surface area contributed by atoms with Gasteiger partial charge in [-0.15, -0.1) is 0 Å². The van der Waals surface area contributed by atoms with Crippen molar-refractivity contribution in [3.8, 4) is 0 Å². The Labute approximate surface area is 144 Å². The molecule has 0 aromatic carbocycles. The Hall–Kier alpha value is -0.130. The minimum Gasteiger partial charge on any atom is -0.396 e. The molecule has 5 heteroatoms. The summed E-state index contributed by atoms with van der Waals surface area (Å²) in [6.07, 6.45) is 21.4. The first-order valence-corrected chi connectivity index (χ1v) is 11.3. The average Bonchev–Trinajstić information content (AvgIpc) is 2.46. The van der Waals surface area contributed by atoms with Gasteiger partial charge in [-0.05, 0) is 6.42 Å². The maximum Gasteiger partial charge on any atom is 0.261 e. The number of unbranched alkanes of at least 4 members (excludes halogenated alkanes) is 14. The van der Waals surface area contributed by atoms with Crippen molar-refractivity contribution < 1.29 is 18.1 Å². The lowest BCUT2D eigenvalue weighted by atomic mass is 10.0. The van der Waals surface area contributed by atoms with Crippen molar-refractivity contribution in [2.24, 2.45) is 0 Å². The van der Waals surface area contributed by atoms with Gasteiger partial charge in [-0.2, -0.15) is 8.42 Å². The quantitative estimate of drug-likeness (QED) is 0.307. The first kappa shape index (κ1) is 25.1. The highest BCUT2D eigenvalue weighted by Crippen LogP contribution is 2.13. The summed E-state index contributed by atoms with van der Waals surface area (Å²) in [5.41, 5.74) is 0. The van der Waals surface area contributed by atoms with E-state index >= 15 is 0 Å². The van der Waals surface area contributed by atoms with Gasteiger partial charge in [0.05, 0.1) is 6.26 Å². The molecule has 0 unspecified atom stereocenters. The second kappa shape index (κ2) is 19.9. The zero-order valence-corrected chi connectivity index (χ0v) is 16.2. The van der Waals surface area contributed by atoms with E-state index in [1.54, 1.807) is 0 Å². The van der Waals surface area contributed by atoms with Gasteiger partial charge in [0.2, 0.25) is 0 Å². The Morgan fingerprint density at radius 2 is 0.826 bits per heavy atom. The number of hydrogen-bond acceptors (Lipinski definition) is 3. The van der Waals surface area contributed by atoms with E-state index in [0.29, 0.717) is 12.9 Å². The Bertz CT molecular complexity index is 278. The highest BCUT2D eigenvalue weighted by Gasteiger charge is 1.93. The fraction of sp³-hybridized carbons (Fsp3) is 1.00. The Morgan fingerprint density at radius 3 is 1.04 bits per heavy atom. The summed E-state index contributed by atoms with van der Waals surface area (Å²) in [6.45, 7) is 2.65. The van der Waals surface area contributed by atoms with Crippen molar-refractivity contribution in [1.82, 2.24) is 0 Å². The molecule has 0 aliphatic rings. The molecule has 23 heavy (non-hydrogen) atoms. The van der Waals surface area contributed by atoms with E-state index in [2.05, 4.69) is 6.92 Å². The third kappa shape index (κ3) is 39.1. The van der Waals surface area contributed by atoms with Crippen molar-refractivity contribution in [2.45, 2.75) is 103 Å². The molecule has 0 rings (SSSR count). The molecular formula is C18H40O4S. The van der Waals surface area contributed by atoms with E-state index in [9.17, 15) is 8.42 Å². The van der Waals surface area contributed by atoms with E-state index in [1.807, 2.05) is 0 Å². The maximum absolute atomic E-state index is 9.19. The van der Waals surface area contributed by atoms with Crippen LogP contribution in [0, 0.1) is 0 Å². The van der Waals surface area contributed by atoms with Gasteiger partial charge in [-0.25, -0.2) is 0 Å². The van der Waals surface area contributed by atoms with Crippen LogP contribution in [0.25, 0.3) is 0 Å². The fourth-order valence-corrected chi connectivity index (χ4v) is 2.48. The van der Waals surface area contributed by atoms with Gasteiger partial charge >= 0.3 is 0 Å². The predicted molar refractivity (Wildman–Crippen MR) is 99.5 cm³/mol. The standard InChI is InChI=1S/C17H36O.CH4O3S/c1-2-3-4-5-6-7-8-9-10-11-12-13-14-15-16-17-18;1-5(2,3)4/h18H,2-17H2,1H3;1H3,(H,2,3,4). The fourth-order valence-electron chi connectivity index (χ4n) is 2.48. The van der Waals surface area contributed by atoms with E-state index in [-0.39, 0.29) is 0 Å². The van der Waals surface area contributed by atoms with Crippen LogP contribution in [0.2, 0.25) is 0 Å². The summed E-state index contributed by atoms with van der Waals surface area (Å²) in [5, 5.41) is 8.66. The SMILES string of the molecule is CCCCCCCCCCCCCCCCCO.CS(=O)(=O)O. The number of rotatable bonds is 15. The van der Waals surface area contributed by atoms with Gasteiger partial charge in [-0.3, -0.25) is 4.55 Å². The van der Waals surface area contributed by atoms with Crippen LogP contribution < -0.4 is 0 Å². The lowest BCUT2D eigenvalue weighted by Gasteiger charge is -2.02. The summed E-state index contributed by atoms with van der Waals surface area (Å²) < 4.78 is 25.9. The molecule has 0 aliphatic heterocycles. The average molecular weight is 353 g/mol. The molecule has 0 fully saturated rings. The Balaban J connectivity index is 0. The Kier molecular flexibility index (Phi) is 21.7. The van der Waals surface area contributed by atoms with E-state index in [0.717, 1.165) is 6.42 Å². The first-order chi connectivity index (χ1) is 10.9. The molecular weight excluding hydrogens is 312 g/mol. The normalized spacial score (nSPS) is 11.1. The van der Waals surface area contributed by atoms with E-state index in [4.69, 9.17) is 9.66 Å². The number of aliphatic hydroxyl groups excluding tert-OH is 1. The van der Waals surface area contributed by atoms with Crippen LogP contribution in [-0.2, 0) is 10.1 Å². The summed E-state index contributed by atoms with van der Waals surface area (Å²) in [5.74, 6) is 0.